The van der Waals surface area contributed by atoms with E-state index in [-0.39, 0.29) is 42.5 Å². The minimum absolute atomic E-state index is 0.0382. The number of nitro benzene ring substituents is 1. The lowest BCUT2D eigenvalue weighted by Gasteiger charge is -2.53. The van der Waals surface area contributed by atoms with Gasteiger partial charge in [-0.15, -0.1) is 0 Å². The van der Waals surface area contributed by atoms with E-state index in [2.05, 4.69) is 5.32 Å². The van der Waals surface area contributed by atoms with Crippen LogP contribution in [0.3, 0.4) is 0 Å². The zero-order valence-corrected chi connectivity index (χ0v) is 21.3. The average molecular weight is 528 g/mol. The largest absolute Gasteiger partial charge is 0.469 e. The highest BCUT2D eigenvalue weighted by molar-refractivity contribution is 7.89. The molecule has 2 aromatic rings. The van der Waals surface area contributed by atoms with Gasteiger partial charge in [0.1, 0.15) is 0 Å². The Bertz CT molecular complexity index is 1370. The van der Waals surface area contributed by atoms with E-state index in [0.29, 0.717) is 0 Å². The number of aliphatic hydroxyl groups excluding tert-OH is 1. The van der Waals surface area contributed by atoms with Crippen molar-refractivity contribution in [3.63, 3.8) is 0 Å². The summed E-state index contributed by atoms with van der Waals surface area (Å²) in [5.41, 5.74) is 1.31. The fourth-order valence-corrected chi connectivity index (χ4v) is 8.02. The fraction of sp³-hybridized carbons (Fsp3) is 0.423. The van der Waals surface area contributed by atoms with Crippen molar-refractivity contribution in [2.24, 2.45) is 11.8 Å². The SMILES string of the molecule is C/C=C1/CN(S(=O)(=O)c2ccc([N+](=O)[O-])cc2)CC[C@@]23c4ccccc4N[C@@H]2[C@H](O)C[C@@H]1[C@@H]3C(=O)OC. The van der Waals surface area contributed by atoms with Crippen LogP contribution in [0.25, 0.3) is 0 Å². The molecule has 1 saturated heterocycles. The number of hydrogen-bond acceptors (Lipinski definition) is 8. The van der Waals surface area contributed by atoms with Gasteiger partial charge in [0.25, 0.3) is 5.69 Å². The number of nitro groups is 1. The molecule has 5 rings (SSSR count). The van der Waals surface area contributed by atoms with Crippen LogP contribution in [0.1, 0.15) is 25.3 Å². The molecule has 1 spiro atoms. The molecular formula is C26H29N3O7S. The highest BCUT2D eigenvalue weighted by Crippen LogP contribution is 2.58. The van der Waals surface area contributed by atoms with Gasteiger partial charge in [-0.2, -0.15) is 4.31 Å². The number of rotatable bonds is 4. The van der Waals surface area contributed by atoms with Crippen molar-refractivity contribution in [3.8, 4) is 0 Å². The van der Waals surface area contributed by atoms with Gasteiger partial charge in [0.2, 0.25) is 10.0 Å². The molecule has 2 bridgehead atoms. The minimum atomic E-state index is -4.01. The molecule has 11 heteroatoms. The first-order valence-corrected chi connectivity index (χ1v) is 13.6. The Labute approximate surface area is 215 Å². The maximum atomic E-state index is 13.8. The summed E-state index contributed by atoms with van der Waals surface area (Å²) in [5, 5.41) is 25.8. The van der Waals surface area contributed by atoms with Gasteiger partial charge in [0, 0.05) is 36.3 Å². The van der Waals surface area contributed by atoms with Crippen LogP contribution in [0, 0.1) is 22.0 Å². The zero-order valence-electron chi connectivity index (χ0n) is 20.5. The number of non-ortho nitro benzene ring substituents is 1. The van der Waals surface area contributed by atoms with Crippen molar-refractivity contribution in [2.45, 2.75) is 42.2 Å². The summed E-state index contributed by atoms with van der Waals surface area (Å²) in [5.74, 6) is -1.43. The number of carbonyl (C=O) groups is 1. The number of aliphatic hydroxyl groups is 1. The monoisotopic (exact) mass is 527 g/mol. The number of para-hydroxylation sites is 1. The molecule has 2 heterocycles. The van der Waals surface area contributed by atoms with Crippen LogP contribution in [0.4, 0.5) is 11.4 Å². The van der Waals surface area contributed by atoms with Gasteiger partial charge in [-0.05, 0) is 49.4 Å². The highest BCUT2D eigenvalue weighted by Gasteiger charge is 2.63. The van der Waals surface area contributed by atoms with Crippen molar-refractivity contribution in [1.29, 1.82) is 0 Å². The lowest BCUT2D eigenvalue weighted by atomic mass is 9.53. The van der Waals surface area contributed by atoms with Crippen molar-refractivity contribution < 1.29 is 28.0 Å². The summed E-state index contributed by atoms with van der Waals surface area (Å²) in [7, 11) is -2.66. The second-order valence-electron chi connectivity index (χ2n) is 9.82. The lowest BCUT2D eigenvalue weighted by molar-refractivity contribution is -0.384. The third kappa shape index (κ3) is 3.84. The molecule has 0 unspecified atom stereocenters. The van der Waals surface area contributed by atoms with E-state index in [4.69, 9.17) is 4.74 Å². The normalized spacial score (nSPS) is 30.4. The van der Waals surface area contributed by atoms with Crippen molar-refractivity contribution >= 4 is 27.4 Å². The van der Waals surface area contributed by atoms with Gasteiger partial charge in [-0.3, -0.25) is 14.9 Å². The molecule has 196 valence electrons. The molecule has 0 amide bonds. The molecule has 0 radical (unpaired) electrons. The van der Waals surface area contributed by atoms with E-state index in [0.717, 1.165) is 16.8 Å². The van der Waals surface area contributed by atoms with Crippen LogP contribution in [0.15, 0.2) is 65.1 Å². The number of nitrogens with zero attached hydrogens (tertiary/aromatic N) is 2. The van der Waals surface area contributed by atoms with E-state index in [9.17, 15) is 28.4 Å². The van der Waals surface area contributed by atoms with Crippen LogP contribution in [0.5, 0.6) is 0 Å². The van der Waals surface area contributed by atoms with E-state index in [1.165, 1.54) is 35.7 Å². The van der Waals surface area contributed by atoms with Gasteiger partial charge in [0.15, 0.2) is 0 Å². The van der Waals surface area contributed by atoms with Crippen LogP contribution in [-0.2, 0) is 25.0 Å². The minimum Gasteiger partial charge on any atom is -0.469 e. The molecule has 1 aliphatic carbocycles. The average Bonchev–Trinajstić information content (AvgIpc) is 3.23. The zero-order chi connectivity index (χ0) is 26.5. The molecule has 5 atom stereocenters. The summed E-state index contributed by atoms with van der Waals surface area (Å²) < 4.78 is 34.2. The number of methoxy groups -OCH3 is 1. The Balaban J connectivity index is 1.64. The van der Waals surface area contributed by atoms with Gasteiger partial charge >= 0.3 is 5.97 Å². The molecule has 10 nitrogen and oxygen atoms in total. The predicted molar refractivity (Wildman–Crippen MR) is 135 cm³/mol. The third-order valence-corrected chi connectivity index (χ3v) is 10.1. The molecule has 1 saturated carbocycles. The lowest BCUT2D eigenvalue weighted by Crippen LogP contribution is -2.63. The number of carbonyl (C=O) groups excluding carboxylic acids is 1. The van der Waals surface area contributed by atoms with Crippen LogP contribution >= 0.6 is 0 Å². The van der Waals surface area contributed by atoms with E-state index >= 15 is 0 Å². The first-order chi connectivity index (χ1) is 17.6. The first-order valence-electron chi connectivity index (χ1n) is 12.2. The summed E-state index contributed by atoms with van der Waals surface area (Å²) in [6.07, 6.45) is 1.61. The number of benzene rings is 2. The second-order valence-corrected chi connectivity index (χ2v) is 11.8. The van der Waals surface area contributed by atoms with Gasteiger partial charge in [-0.25, -0.2) is 8.42 Å². The first kappa shape index (κ1) is 25.4. The molecular weight excluding hydrogens is 498 g/mol. The van der Waals surface area contributed by atoms with Crippen LogP contribution in [-0.4, -0.2) is 61.1 Å². The number of hydrogen-bond donors (Lipinski definition) is 2. The third-order valence-electron chi connectivity index (χ3n) is 8.25. The molecule has 3 aliphatic rings. The number of esters is 1. The Morgan fingerprint density at radius 3 is 2.59 bits per heavy atom. The van der Waals surface area contributed by atoms with Gasteiger partial charge in [-0.1, -0.05) is 29.8 Å². The number of ether oxygens (including phenoxy) is 1. The summed E-state index contributed by atoms with van der Waals surface area (Å²) in [6, 6.07) is 11.9. The van der Waals surface area contributed by atoms with Gasteiger partial charge in [0.05, 0.1) is 35.0 Å². The van der Waals surface area contributed by atoms with E-state index in [1.54, 1.807) is 6.92 Å². The Morgan fingerprint density at radius 2 is 1.95 bits per heavy atom. The molecule has 2 aromatic carbocycles. The molecule has 2 aliphatic heterocycles. The maximum absolute atomic E-state index is 13.8. The summed E-state index contributed by atoms with van der Waals surface area (Å²) >= 11 is 0. The molecule has 37 heavy (non-hydrogen) atoms. The molecule has 2 fully saturated rings. The number of allylic oxidation sites excluding steroid dienone is 1. The maximum Gasteiger partial charge on any atom is 0.310 e. The Hall–Kier alpha value is -3.28. The summed E-state index contributed by atoms with van der Waals surface area (Å²) in [6.45, 7) is 1.92. The van der Waals surface area contributed by atoms with Crippen LogP contribution in [0.2, 0.25) is 0 Å². The number of sulfonamides is 1. The molecule has 0 aromatic heterocycles. The smallest absolute Gasteiger partial charge is 0.310 e. The number of fused-ring (bicyclic) bond motifs is 2. The highest BCUT2D eigenvalue weighted by atomic mass is 32.2. The second kappa shape index (κ2) is 9.23. The van der Waals surface area contributed by atoms with E-state index in [1.807, 2.05) is 30.3 Å². The Morgan fingerprint density at radius 1 is 1.24 bits per heavy atom. The van der Waals surface area contributed by atoms with Crippen molar-refractivity contribution in [1.82, 2.24) is 4.31 Å². The standard InChI is InChI=1S/C26H29N3O7S/c1-3-16-15-28(37(34,35)18-10-8-17(9-11-18)29(32)33)13-12-26-20-6-4-5-7-21(20)27-24(26)22(30)14-19(16)23(26)25(31)36-2/h3-11,19,22-24,27,30H,12-15H2,1-2H3/b16-3-/t19-,22+,23+,24+,26-/m0/s1. The number of anilines is 1. The number of nitrogens with one attached hydrogen (secondary N) is 1. The summed E-state index contributed by atoms with van der Waals surface area (Å²) in [4.78, 5) is 23.8. The van der Waals surface area contributed by atoms with Crippen molar-refractivity contribution in [3.05, 3.63) is 75.9 Å². The predicted octanol–water partition coefficient (Wildman–Crippen LogP) is 2.84. The molecule has 2 N–H and O–H groups in total. The quantitative estimate of drug-likeness (QED) is 0.268. The van der Waals surface area contributed by atoms with Crippen molar-refractivity contribution in [2.75, 3.05) is 25.5 Å². The van der Waals surface area contributed by atoms with Crippen LogP contribution < -0.4 is 5.32 Å². The van der Waals surface area contributed by atoms with Gasteiger partial charge < -0.3 is 15.2 Å². The Kier molecular flexibility index (Phi) is 6.33. The van der Waals surface area contributed by atoms with E-state index < -0.39 is 44.3 Å². The fourth-order valence-electron chi connectivity index (χ4n) is 6.59. The topological polar surface area (TPSA) is 139 Å².